The first-order chi connectivity index (χ1) is 12.2. The zero-order chi connectivity index (χ0) is 17.5. The van der Waals surface area contributed by atoms with E-state index in [2.05, 4.69) is 15.0 Å². The summed E-state index contributed by atoms with van der Waals surface area (Å²) in [6, 6.07) is 11.6. The van der Waals surface area contributed by atoms with Crippen LogP contribution < -0.4 is 4.74 Å². The van der Waals surface area contributed by atoms with Crippen LogP contribution >= 0.6 is 0 Å². The quantitative estimate of drug-likeness (QED) is 0.717. The summed E-state index contributed by atoms with van der Waals surface area (Å²) in [6.07, 6.45) is 9.20. The number of pyridine rings is 1. The van der Waals surface area contributed by atoms with E-state index in [4.69, 9.17) is 4.74 Å². The summed E-state index contributed by atoms with van der Waals surface area (Å²) >= 11 is 0. The predicted octanol–water partition coefficient (Wildman–Crippen LogP) is 3.30. The molecule has 0 bridgehead atoms. The molecular weight excluding hydrogens is 314 g/mol. The molecule has 0 spiro atoms. The molecule has 0 radical (unpaired) electrons. The molecule has 3 rings (SSSR count). The summed E-state index contributed by atoms with van der Waals surface area (Å²) in [6.45, 7) is 1.88. The summed E-state index contributed by atoms with van der Waals surface area (Å²) in [4.78, 5) is 12.1. The van der Waals surface area contributed by atoms with Gasteiger partial charge in [-0.25, -0.2) is 9.97 Å². The van der Waals surface area contributed by atoms with Crippen LogP contribution in [0.4, 0.5) is 0 Å². The number of aliphatic hydroxyl groups is 1. The maximum absolute atomic E-state index is 10.3. The number of benzene rings is 1. The number of aliphatic hydroxyl groups excluding tert-OH is 1. The fourth-order valence-electron chi connectivity index (χ4n) is 2.56. The first kappa shape index (κ1) is 17.0. The fraction of sp³-hybridized carbons (Fsp3) is 0.250. The van der Waals surface area contributed by atoms with Gasteiger partial charge in [0.05, 0.1) is 6.10 Å². The molecule has 3 aromatic rings. The average molecular weight is 335 g/mol. The molecule has 0 saturated heterocycles. The van der Waals surface area contributed by atoms with Crippen molar-refractivity contribution in [2.45, 2.75) is 32.0 Å². The van der Waals surface area contributed by atoms with Gasteiger partial charge in [0.2, 0.25) is 0 Å². The Hall–Kier alpha value is -2.79. The van der Waals surface area contributed by atoms with Gasteiger partial charge in [0.15, 0.2) is 0 Å². The van der Waals surface area contributed by atoms with Crippen LogP contribution in [0.1, 0.15) is 18.9 Å². The second-order valence-electron chi connectivity index (χ2n) is 5.94. The van der Waals surface area contributed by atoms with Gasteiger partial charge in [-0.2, -0.15) is 0 Å². The molecule has 5 heteroatoms. The molecule has 0 aliphatic heterocycles. The van der Waals surface area contributed by atoms with Crippen molar-refractivity contribution in [2.24, 2.45) is 0 Å². The molecule has 2 aromatic heterocycles. The number of rotatable bonds is 7. The highest BCUT2D eigenvalue weighted by atomic mass is 16.5. The largest absolute Gasteiger partial charge is 0.488 e. The molecule has 0 fully saturated rings. The predicted molar refractivity (Wildman–Crippen MR) is 96.1 cm³/mol. The fourth-order valence-corrected chi connectivity index (χ4v) is 2.56. The summed E-state index contributed by atoms with van der Waals surface area (Å²) in [7, 11) is 0. The third-order valence-corrected chi connectivity index (χ3v) is 4.06. The van der Waals surface area contributed by atoms with Crippen LogP contribution in [0.2, 0.25) is 0 Å². The van der Waals surface area contributed by atoms with Gasteiger partial charge in [-0.1, -0.05) is 18.2 Å². The second-order valence-corrected chi connectivity index (χ2v) is 5.94. The molecule has 0 saturated carbocycles. The number of nitrogens with zero attached hydrogens (tertiary/aromatic N) is 3. The van der Waals surface area contributed by atoms with Gasteiger partial charge >= 0.3 is 0 Å². The van der Waals surface area contributed by atoms with Crippen LogP contribution in [-0.4, -0.2) is 32.3 Å². The Labute approximate surface area is 147 Å². The van der Waals surface area contributed by atoms with E-state index in [9.17, 15) is 5.11 Å². The monoisotopic (exact) mass is 335 g/mol. The van der Waals surface area contributed by atoms with Crippen molar-refractivity contribution >= 4 is 0 Å². The van der Waals surface area contributed by atoms with Crippen molar-refractivity contribution < 1.29 is 9.84 Å². The highest BCUT2D eigenvalue weighted by Gasteiger charge is 2.16. The molecule has 0 aliphatic carbocycles. The zero-order valence-corrected chi connectivity index (χ0v) is 14.1. The number of aromatic nitrogens is 3. The van der Waals surface area contributed by atoms with Crippen LogP contribution in [-0.2, 0) is 6.42 Å². The zero-order valence-electron chi connectivity index (χ0n) is 14.1. The van der Waals surface area contributed by atoms with Crippen molar-refractivity contribution in [2.75, 3.05) is 0 Å². The van der Waals surface area contributed by atoms with Gasteiger partial charge in [-0.3, -0.25) is 4.98 Å². The van der Waals surface area contributed by atoms with Crippen molar-refractivity contribution in [3.8, 4) is 16.9 Å². The van der Waals surface area contributed by atoms with Crippen LogP contribution in [0.5, 0.6) is 5.75 Å². The van der Waals surface area contributed by atoms with Gasteiger partial charge in [-0.05, 0) is 49.1 Å². The van der Waals surface area contributed by atoms with E-state index in [-0.39, 0.29) is 6.10 Å². The molecule has 1 N–H and O–H groups in total. The molecule has 0 aliphatic rings. The Morgan fingerprint density at radius 1 is 0.960 bits per heavy atom. The number of ether oxygens (including phenoxy) is 1. The lowest BCUT2D eigenvalue weighted by molar-refractivity contribution is 0.0420. The molecule has 2 heterocycles. The van der Waals surface area contributed by atoms with E-state index in [1.54, 1.807) is 18.6 Å². The van der Waals surface area contributed by atoms with E-state index in [1.807, 2.05) is 49.5 Å². The second kappa shape index (κ2) is 8.35. The van der Waals surface area contributed by atoms with Crippen molar-refractivity contribution in [3.05, 3.63) is 73.1 Å². The summed E-state index contributed by atoms with van der Waals surface area (Å²) < 4.78 is 5.86. The van der Waals surface area contributed by atoms with Gasteiger partial charge in [0.1, 0.15) is 18.2 Å². The number of hydrogen-bond acceptors (Lipinski definition) is 5. The minimum atomic E-state index is -0.539. The van der Waals surface area contributed by atoms with E-state index < -0.39 is 6.10 Å². The molecule has 1 aromatic carbocycles. The lowest BCUT2D eigenvalue weighted by Gasteiger charge is -2.20. The molecule has 0 amide bonds. The van der Waals surface area contributed by atoms with Crippen molar-refractivity contribution in [1.82, 2.24) is 15.0 Å². The van der Waals surface area contributed by atoms with Crippen molar-refractivity contribution in [3.63, 3.8) is 0 Å². The van der Waals surface area contributed by atoms with Crippen LogP contribution in [0.25, 0.3) is 11.1 Å². The van der Waals surface area contributed by atoms with Gasteiger partial charge in [0.25, 0.3) is 0 Å². The van der Waals surface area contributed by atoms with E-state index in [0.717, 1.165) is 28.9 Å². The standard InChI is InChI=1S/C20H21N3O2/c1-15(20(24)9-4-16-3-2-10-21-11-16)25-19-7-5-17(6-8-19)18-12-22-14-23-13-18/h2-3,5-8,10-15,20,24H,4,9H2,1H3/t15-,20+/m0/s1. The van der Waals surface area contributed by atoms with Crippen LogP contribution in [0, 0.1) is 0 Å². The Bertz CT molecular complexity index is 764. The summed E-state index contributed by atoms with van der Waals surface area (Å²) in [5.74, 6) is 0.730. The molecule has 25 heavy (non-hydrogen) atoms. The lowest BCUT2D eigenvalue weighted by atomic mass is 10.1. The first-order valence-corrected chi connectivity index (χ1v) is 8.31. The molecule has 128 valence electrons. The number of aryl methyl sites for hydroxylation is 1. The third-order valence-electron chi connectivity index (χ3n) is 4.06. The van der Waals surface area contributed by atoms with Crippen molar-refractivity contribution in [1.29, 1.82) is 0 Å². The highest BCUT2D eigenvalue weighted by Crippen LogP contribution is 2.22. The Morgan fingerprint density at radius 2 is 1.72 bits per heavy atom. The molecule has 5 nitrogen and oxygen atoms in total. The van der Waals surface area contributed by atoms with Gasteiger partial charge in [-0.15, -0.1) is 0 Å². The SMILES string of the molecule is C[C@H](Oc1ccc(-c2cncnc2)cc1)[C@H](O)CCc1cccnc1. The molecule has 0 unspecified atom stereocenters. The minimum absolute atomic E-state index is 0.289. The van der Waals surface area contributed by atoms with Gasteiger partial charge in [0, 0.05) is 30.4 Å². The first-order valence-electron chi connectivity index (χ1n) is 8.31. The van der Waals surface area contributed by atoms with Gasteiger partial charge < -0.3 is 9.84 Å². The van der Waals surface area contributed by atoms with Crippen LogP contribution in [0.15, 0.2) is 67.5 Å². The van der Waals surface area contributed by atoms with E-state index in [0.29, 0.717) is 6.42 Å². The maximum Gasteiger partial charge on any atom is 0.122 e. The summed E-state index contributed by atoms with van der Waals surface area (Å²) in [5, 5.41) is 10.3. The Kier molecular flexibility index (Phi) is 5.69. The number of hydrogen-bond donors (Lipinski definition) is 1. The Balaban J connectivity index is 1.54. The minimum Gasteiger partial charge on any atom is -0.488 e. The smallest absolute Gasteiger partial charge is 0.122 e. The normalized spacial score (nSPS) is 13.2. The lowest BCUT2D eigenvalue weighted by Crippen LogP contribution is -2.29. The highest BCUT2D eigenvalue weighted by molar-refractivity contribution is 5.62. The van der Waals surface area contributed by atoms with Crippen LogP contribution in [0.3, 0.4) is 0 Å². The molecule has 2 atom stereocenters. The Morgan fingerprint density at radius 3 is 2.40 bits per heavy atom. The third kappa shape index (κ3) is 4.84. The summed E-state index contributed by atoms with van der Waals surface area (Å²) in [5.41, 5.74) is 3.10. The maximum atomic E-state index is 10.3. The molecular formula is C20H21N3O2. The topological polar surface area (TPSA) is 68.1 Å². The van der Waals surface area contributed by atoms with E-state index in [1.165, 1.54) is 6.33 Å². The van der Waals surface area contributed by atoms with E-state index >= 15 is 0 Å². The average Bonchev–Trinajstić information content (AvgIpc) is 2.68.